The van der Waals surface area contributed by atoms with E-state index in [1.807, 2.05) is 0 Å². The van der Waals surface area contributed by atoms with E-state index in [0.717, 1.165) is 0 Å². The molecule has 3 nitrogen and oxygen atoms in total. The molecule has 2 aliphatic heterocycles. The van der Waals surface area contributed by atoms with Crippen LogP contribution in [0.25, 0.3) is 76.9 Å². The lowest BCUT2D eigenvalue weighted by molar-refractivity contribution is 1.18. The number of rotatable bonds is 2. The van der Waals surface area contributed by atoms with Gasteiger partial charge in [0.2, 0.25) is 0 Å². The molecule has 0 bridgehead atoms. The highest BCUT2D eigenvalue weighted by molar-refractivity contribution is 6.94. The molecular weight excluding hydrogens is 617 g/mol. The fourth-order valence-electron chi connectivity index (χ4n) is 9.59. The molecule has 0 fully saturated rings. The number of aromatic nitrogens is 2. The van der Waals surface area contributed by atoms with Gasteiger partial charge in [0.25, 0.3) is 0 Å². The van der Waals surface area contributed by atoms with Crippen LogP contribution in [0.5, 0.6) is 0 Å². The summed E-state index contributed by atoms with van der Waals surface area (Å²) in [5.74, 6) is 0. The first-order chi connectivity index (χ1) is 25.3. The van der Waals surface area contributed by atoms with Crippen molar-refractivity contribution in [3.05, 3.63) is 169 Å². The molecule has 8 aromatic carbocycles. The first-order valence-corrected chi connectivity index (χ1v) is 17.8. The summed E-state index contributed by atoms with van der Waals surface area (Å²) in [6.07, 6.45) is 0. The summed E-state index contributed by atoms with van der Waals surface area (Å²) in [7, 11) is 0. The number of benzene rings is 8. The summed E-state index contributed by atoms with van der Waals surface area (Å²) in [5, 5.41) is 7.69. The fraction of sp³-hybridized carbons (Fsp3) is 0.0213. The molecule has 0 saturated carbocycles. The van der Waals surface area contributed by atoms with Gasteiger partial charge in [0, 0.05) is 49.6 Å². The highest BCUT2D eigenvalue weighted by atomic mass is 15.1. The van der Waals surface area contributed by atoms with Crippen molar-refractivity contribution in [3.63, 3.8) is 0 Å². The summed E-state index contributed by atoms with van der Waals surface area (Å²) < 4.78 is 5.03. The zero-order valence-corrected chi connectivity index (χ0v) is 28.0. The first-order valence-electron chi connectivity index (χ1n) is 17.8. The van der Waals surface area contributed by atoms with Crippen molar-refractivity contribution < 1.29 is 0 Å². The van der Waals surface area contributed by atoms with Gasteiger partial charge in [0.1, 0.15) is 0 Å². The van der Waals surface area contributed by atoms with E-state index in [-0.39, 0.29) is 6.85 Å². The van der Waals surface area contributed by atoms with Crippen molar-refractivity contribution in [2.75, 3.05) is 4.81 Å². The van der Waals surface area contributed by atoms with Crippen molar-refractivity contribution in [1.82, 2.24) is 9.13 Å². The SMILES string of the molecule is Cc1ccccc1N1B2c3c(cc4ccccc4c3-n3c4ccccc4c4cccc2c43)-c2ccc3c(c21)c1ccccc1n3-c1ccccc1. The second-order valence-electron chi connectivity index (χ2n) is 14.1. The number of fused-ring (bicyclic) bond motifs is 13. The Morgan fingerprint density at radius 2 is 1.16 bits per heavy atom. The molecule has 0 spiro atoms. The van der Waals surface area contributed by atoms with E-state index >= 15 is 0 Å². The smallest absolute Gasteiger partial charge is 0.333 e. The van der Waals surface area contributed by atoms with Gasteiger partial charge < -0.3 is 13.9 Å². The third-order valence-corrected chi connectivity index (χ3v) is 11.6. The normalized spacial score (nSPS) is 13.1. The number of hydrogen-bond acceptors (Lipinski definition) is 1. The lowest BCUT2D eigenvalue weighted by atomic mass is 9.43. The van der Waals surface area contributed by atoms with Crippen LogP contribution in [0.3, 0.4) is 0 Å². The molecular formula is C47H30BN3. The van der Waals surface area contributed by atoms with Crippen LogP contribution in [-0.2, 0) is 0 Å². The Labute approximate surface area is 295 Å². The van der Waals surface area contributed by atoms with E-state index in [0.29, 0.717) is 0 Å². The number of aryl methyl sites for hydroxylation is 1. The maximum atomic E-state index is 2.70. The van der Waals surface area contributed by atoms with Gasteiger partial charge in [-0.05, 0) is 76.8 Å². The van der Waals surface area contributed by atoms with Gasteiger partial charge in [-0.1, -0.05) is 121 Å². The monoisotopic (exact) mass is 647 g/mol. The highest BCUT2D eigenvalue weighted by Gasteiger charge is 2.45. The van der Waals surface area contributed by atoms with E-state index in [1.165, 1.54) is 105 Å². The topological polar surface area (TPSA) is 13.1 Å². The van der Waals surface area contributed by atoms with Crippen LogP contribution >= 0.6 is 0 Å². The minimum Gasteiger partial charge on any atom is -0.376 e. The minimum atomic E-state index is -0.0434. The van der Waals surface area contributed by atoms with Crippen LogP contribution < -0.4 is 15.7 Å². The number of nitrogens with zero attached hydrogens (tertiary/aromatic N) is 3. The summed E-state index contributed by atoms with van der Waals surface area (Å²) in [6, 6.07) is 60.8. The number of hydrogen-bond donors (Lipinski definition) is 0. The van der Waals surface area contributed by atoms with E-state index < -0.39 is 0 Å². The van der Waals surface area contributed by atoms with Crippen LogP contribution in [-0.4, -0.2) is 16.0 Å². The van der Waals surface area contributed by atoms with Gasteiger partial charge in [-0.25, -0.2) is 0 Å². The molecule has 0 amide bonds. The maximum absolute atomic E-state index is 2.70. The molecule has 0 aliphatic carbocycles. The van der Waals surface area contributed by atoms with Crippen molar-refractivity contribution >= 4 is 83.5 Å². The van der Waals surface area contributed by atoms with E-state index in [4.69, 9.17) is 0 Å². The van der Waals surface area contributed by atoms with Crippen molar-refractivity contribution in [2.24, 2.45) is 0 Å². The summed E-state index contributed by atoms with van der Waals surface area (Å²) in [5.41, 5.74) is 16.5. The zero-order valence-electron chi connectivity index (χ0n) is 28.0. The van der Waals surface area contributed by atoms with E-state index in [2.05, 4.69) is 185 Å². The molecule has 236 valence electrons. The van der Waals surface area contributed by atoms with Gasteiger partial charge in [0.05, 0.1) is 27.8 Å². The Hall–Kier alpha value is -6.52. The summed E-state index contributed by atoms with van der Waals surface area (Å²) in [4.78, 5) is 2.70. The third kappa shape index (κ3) is 3.39. The molecule has 10 aromatic rings. The Bertz CT molecular complexity index is 3110. The molecule has 51 heavy (non-hydrogen) atoms. The fourth-order valence-corrected chi connectivity index (χ4v) is 9.59. The minimum absolute atomic E-state index is 0.0434. The molecule has 0 unspecified atom stereocenters. The number of para-hydroxylation sites is 5. The van der Waals surface area contributed by atoms with Crippen LogP contribution in [0.1, 0.15) is 5.56 Å². The highest BCUT2D eigenvalue weighted by Crippen LogP contribution is 2.51. The zero-order chi connectivity index (χ0) is 33.4. The second kappa shape index (κ2) is 9.80. The average molecular weight is 648 g/mol. The molecule has 12 rings (SSSR count). The van der Waals surface area contributed by atoms with Gasteiger partial charge in [-0.2, -0.15) is 0 Å². The summed E-state index contributed by atoms with van der Waals surface area (Å²) >= 11 is 0. The van der Waals surface area contributed by atoms with Crippen molar-refractivity contribution in [2.45, 2.75) is 6.92 Å². The molecule has 0 saturated heterocycles. The predicted octanol–water partition coefficient (Wildman–Crippen LogP) is 10.6. The lowest BCUT2D eigenvalue weighted by Crippen LogP contribution is -2.60. The summed E-state index contributed by atoms with van der Waals surface area (Å²) in [6.45, 7) is 2.22. The van der Waals surface area contributed by atoms with E-state index in [1.54, 1.807) is 0 Å². The molecule has 4 heterocycles. The Kier molecular flexibility index (Phi) is 5.25. The van der Waals surface area contributed by atoms with Gasteiger partial charge in [-0.3, -0.25) is 0 Å². The largest absolute Gasteiger partial charge is 0.376 e. The molecule has 2 aromatic heterocycles. The van der Waals surface area contributed by atoms with Gasteiger partial charge in [-0.15, -0.1) is 0 Å². The molecule has 4 heteroatoms. The lowest BCUT2D eigenvalue weighted by Gasteiger charge is -2.43. The van der Waals surface area contributed by atoms with Crippen LogP contribution in [0.15, 0.2) is 164 Å². The quantitative estimate of drug-likeness (QED) is 0.170. The van der Waals surface area contributed by atoms with Gasteiger partial charge >= 0.3 is 6.85 Å². The maximum Gasteiger partial charge on any atom is 0.333 e. The van der Waals surface area contributed by atoms with Crippen molar-refractivity contribution in [3.8, 4) is 22.5 Å². The molecule has 0 atom stereocenters. The molecule has 2 aliphatic rings. The van der Waals surface area contributed by atoms with Gasteiger partial charge in [0.15, 0.2) is 0 Å². The average Bonchev–Trinajstić information content (AvgIpc) is 3.71. The Balaban J connectivity index is 1.34. The van der Waals surface area contributed by atoms with Crippen molar-refractivity contribution in [1.29, 1.82) is 0 Å². The van der Waals surface area contributed by atoms with E-state index in [9.17, 15) is 0 Å². The molecule has 0 N–H and O–H groups in total. The Morgan fingerprint density at radius 1 is 0.471 bits per heavy atom. The van der Waals surface area contributed by atoms with Crippen LogP contribution in [0, 0.1) is 6.92 Å². The predicted molar refractivity (Wildman–Crippen MR) is 216 cm³/mol. The van der Waals surface area contributed by atoms with Crippen LogP contribution in [0.2, 0.25) is 0 Å². The number of anilines is 2. The first kappa shape index (κ1) is 27.3. The molecule has 0 radical (unpaired) electrons. The second-order valence-corrected chi connectivity index (χ2v) is 14.1. The Morgan fingerprint density at radius 3 is 2.00 bits per heavy atom. The van der Waals surface area contributed by atoms with Crippen LogP contribution in [0.4, 0.5) is 11.4 Å². The third-order valence-electron chi connectivity index (χ3n) is 11.6. The standard InChI is InChI=1S/C47H30BN3/c1-29-14-5-10-23-39(29)51-46-35(26-27-42-43(46)36-20-9-12-25-41(36)49(42)31-16-3-2-4-17-31)37-28-30-15-6-7-18-32(30)47-44(37)48(51)38-22-13-21-34-33-19-8-11-24-40(33)50(47)45(34)38/h2-28H,1H3.